The number of aromatic amines is 1. The number of pyridine rings is 1. The summed E-state index contributed by atoms with van der Waals surface area (Å²) < 4.78 is 0.961. The summed E-state index contributed by atoms with van der Waals surface area (Å²) in [7, 11) is 0. The zero-order chi connectivity index (χ0) is 15.5. The molecule has 0 bridgehead atoms. The van der Waals surface area contributed by atoms with Gasteiger partial charge >= 0.3 is 5.69 Å². The van der Waals surface area contributed by atoms with E-state index in [-0.39, 0.29) is 11.5 Å². The largest absolute Gasteiger partial charge is 0.361 e. The lowest BCUT2D eigenvalue weighted by molar-refractivity contribution is -0.384. The first-order valence-electron chi connectivity index (χ1n) is 6.30. The van der Waals surface area contributed by atoms with E-state index in [1.54, 1.807) is 6.21 Å². The Labute approximate surface area is 133 Å². The lowest BCUT2D eigenvalue weighted by Crippen LogP contribution is -1.98. The molecule has 0 amide bonds. The number of fused-ring (bicyclic) bond motifs is 1. The van der Waals surface area contributed by atoms with E-state index in [0.29, 0.717) is 0 Å². The van der Waals surface area contributed by atoms with Crippen molar-refractivity contribution in [3.05, 3.63) is 62.9 Å². The molecule has 0 spiro atoms. The second-order valence-electron chi connectivity index (χ2n) is 4.43. The number of hydrogen-bond donors (Lipinski definition) is 2. The van der Waals surface area contributed by atoms with Crippen molar-refractivity contribution in [1.29, 1.82) is 0 Å². The average molecular weight is 360 g/mol. The van der Waals surface area contributed by atoms with Crippen molar-refractivity contribution in [3.63, 3.8) is 0 Å². The summed E-state index contributed by atoms with van der Waals surface area (Å²) in [6, 6.07) is 8.73. The number of anilines is 1. The van der Waals surface area contributed by atoms with Crippen LogP contribution in [-0.2, 0) is 0 Å². The molecule has 22 heavy (non-hydrogen) atoms. The molecule has 3 aromatic rings. The fraction of sp³-hybridized carbons (Fsp3) is 0. The summed E-state index contributed by atoms with van der Waals surface area (Å²) in [5.41, 5.74) is 4.32. The summed E-state index contributed by atoms with van der Waals surface area (Å²) in [5.74, 6) is 0.102. The topological polar surface area (TPSA) is 96.2 Å². The monoisotopic (exact) mass is 359 g/mol. The standard InChI is InChI=1S/C14H10BrN5O2/c15-10-3-4-12-11(6-10)9(7-17-12)8-18-19-14-13(20(21)22)2-1-5-16-14/h1-8,17H,(H,16,19)/b18-8-. The maximum absolute atomic E-state index is 10.9. The Morgan fingerprint density at radius 1 is 1.41 bits per heavy atom. The number of nitro groups is 1. The molecule has 3 rings (SSSR count). The van der Waals surface area contributed by atoms with Gasteiger partial charge in [0, 0.05) is 39.4 Å². The summed E-state index contributed by atoms with van der Waals surface area (Å²) in [4.78, 5) is 17.4. The number of H-pyrrole nitrogens is 1. The predicted octanol–water partition coefficient (Wildman–Crippen LogP) is 3.68. The third-order valence-corrected chi connectivity index (χ3v) is 3.53. The summed E-state index contributed by atoms with van der Waals surface area (Å²) in [5, 5.41) is 15.9. The quantitative estimate of drug-likeness (QED) is 0.421. The number of hydrazone groups is 1. The van der Waals surface area contributed by atoms with Crippen LogP contribution in [0.15, 0.2) is 52.3 Å². The number of nitrogens with one attached hydrogen (secondary N) is 2. The Hall–Kier alpha value is -2.74. The van der Waals surface area contributed by atoms with Crippen molar-refractivity contribution >= 4 is 44.6 Å². The van der Waals surface area contributed by atoms with Crippen LogP contribution < -0.4 is 5.43 Å². The van der Waals surface area contributed by atoms with Crippen molar-refractivity contribution in [2.24, 2.45) is 5.10 Å². The van der Waals surface area contributed by atoms with Crippen LogP contribution in [0.3, 0.4) is 0 Å². The van der Waals surface area contributed by atoms with Crippen molar-refractivity contribution in [2.45, 2.75) is 0 Å². The molecule has 0 saturated heterocycles. The van der Waals surface area contributed by atoms with Crippen LogP contribution >= 0.6 is 15.9 Å². The summed E-state index contributed by atoms with van der Waals surface area (Å²) in [6.45, 7) is 0. The normalized spacial score (nSPS) is 11.1. The molecule has 1 aromatic carbocycles. The van der Waals surface area contributed by atoms with Crippen LogP contribution in [0.25, 0.3) is 10.9 Å². The third kappa shape index (κ3) is 2.82. The van der Waals surface area contributed by atoms with E-state index in [9.17, 15) is 10.1 Å². The van der Waals surface area contributed by atoms with Crippen molar-refractivity contribution in [1.82, 2.24) is 9.97 Å². The number of rotatable bonds is 4. The van der Waals surface area contributed by atoms with Gasteiger partial charge in [-0.05, 0) is 24.3 Å². The highest BCUT2D eigenvalue weighted by Crippen LogP contribution is 2.22. The molecule has 8 heteroatoms. The Bertz CT molecular complexity index is 875. The van der Waals surface area contributed by atoms with E-state index in [1.165, 1.54) is 18.3 Å². The molecule has 0 fully saturated rings. The van der Waals surface area contributed by atoms with E-state index < -0.39 is 4.92 Å². The minimum absolute atomic E-state index is 0.102. The lowest BCUT2D eigenvalue weighted by Gasteiger charge is -1.99. The van der Waals surface area contributed by atoms with Crippen LogP contribution in [0.4, 0.5) is 11.5 Å². The van der Waals surface area contributed by atoms with Gasteiger partial charge in [-0.3, -0.25) is 15.5 Å². The highest BCUT2D eigenvalue weighted by atomic mass is 79.9. The molecule has 0 unspecified atom stereocenters. The molecule has 7 nitrogen and oxygen atoms in total. The van der Waals surface area contributed by atoms with E-state index >= 15 is 0 Å². The molecule has 2 aromatic heterocycles. The van der Waals surface area contributed by atoms with Crippen molar-refractivity contribution < 1.29 is 4.92 Å². The molecule has 2 N–H and O–H groups in total. The van der Waals surface area contributed by atoms with Crippen LogP contribution in [0.5, 0.6) is 0 Å². The van der Waals surface area contributed by atoms with Crippen LogP contribution in [0.2, 0.25) is 0 Å². The van der Waals surface area contributed by atoms with Gasteiger partial charge in [0.1, 0.15) is 0 Å². The molecule has 0 aliphatic heterocycles. The Kier molecular flexibility index (Phi) is 3.84. The van der Waals surface area contributed by atoms with Crippen LogP contribution in [0.1, 0.15) is 5.56 Å². The number of hydrogen-bond acceptors (Lipinski definition) is 5. The first-order valence-corrected chi connectivity index (χ1v) is 7.09. The molecule has 0 radical (unpaired) electrons. The van der Waals surface area contributed by atoms with Crippen LogP contribution in [-0.4, -0.2) is 21.1 Å². The molecular formula is C14H10BrN5O2. The second kappa shape index (κ2) is 5.94. The van der Waals surface area contributed by atoms with Gasteiger partial charge < -0.3 is 4.98 Å². The van der Waals surface area contributed by atoms with E-state index in [2.05, 4.69) is 36.4 Å². The second-order valence-corrected chi connectivity index (χ2v) is 5.35. The number of halogens is 1. The maximum atomic E-state index is 10.9. The van der Waals surface area contributed by atoms with Crippen molar-refractivity contribution in [3.8, 4) is 0 Å². The third-order valence-electron chi connectivity index (χ3n) is 3.03. The summed E-state index contributed by atoms with van der Waals surface area (Å²) in [6.07, 6.45) is 4.87. The molecule has 0 aliphatic rings. The fourth-order valence-corrected chi connectivity index (χ4v) is 2.38. The number of nitrogens with zero attached hydrogens (tertiary/aromatic N) is 3. The average Bonchev–Trinajstić information content (AvgIpc) is 2.90. The van der Waals surface area contributed by atoms with Crippen molar-refractivity contribution in [2.75, 3.05) is 5.43 Å². The Morgan fingerprint density at radius 3 is 3.09 bits per heavy atom. The SMILES string of the molecule is O=[N+]([O-])c1cccnc1N/N=C\c1c[nH]c2ccc(Br)cc12. The fourth-order valence-electron chi connectivity index (χ4n) is 2.01. The minimum atomic E-state index is -0.506. The highest BCUT2D eigenvalue weighted by molar-refractivity contribution is 9.10. The predicted molar refractivity (Wildman–Crippen MR) is 88.1 cm³/mol. The van der Waals surface area contributed by atoms with Gasteiger partial charge in [-0.2, -0.15) is 5.10 Å². The molecule has 0 saturated carbocycles. The maximum Gasteiger partial charge on any atom is 0.313 e. The summed E-state index contributed by atoms with van der Waals surface area (Å²) >= 11 is 3.42. The molecule has 0 atom stereocenters. The van der Waals surface area contributed by atoms with Gasteiger partial charge in [-0.1, -0.05) is 15.9 Å². The molecule has 2 heterocycles. The molecule has 110 valence electrons. The van der Waals surface area contributed by atoms with Gasteiger partial charge in [0.2, 0.25) is 5.82 Å². The Morgan fingerprint density at radius 2 is 2.27 bits per heavy atom. The lowest BCUT2D eigenvalue weighted by atomic mass is 10.2. The van der Waals surface area contributed by atoms with Gasteiger partial charge in [0.25, 0.3) is 0 Å². The van der Waals surface area contributed by atoms with Gasteiger partial charge in [-0.25, -0.2) is 4.98 Å². The van der Waals surface area contributed by atoms with Gasteiger partial charge in [0.15, 0.2) is 0 Å². The number of benzene rings is 1. The van der Waals surface area contributed by atoms with Crippen LogP contribution in [0, 0.1) is 10.1 Å². The van der Waals surface area contributed by atoms with Gasteiger partial charge in [-0.15, -0.1) is 0 Å². The molecule has 0 aliphatic carbocycles. The Balaban J connectivity index is 1.85. The zero-order valence-corrected chi connectivity index (χ0v) is 12.7. The zero-order valence-electron chi connectivity index (χ0n) is 11.2. The number of aromatic nitrogens is 2. The van der Waals surface area contributed by atoms with E-state index in [0.717, 1.165) is 20.9 Å². The van der Waals surface area contributed by atoms with E-state index in [4.69, 9.17) is 0 Å². The minimum Gasteiger partial charge on any atom is -0.361 e. The first-order chi connectivity index (χ1) is 10.6. The molecular weight excluding hydrogens is 350 g/mol. The smallest absolute Gasteiger partial charge is 0.313 e. The highest BCUT2D eigenvalue weighted by Gasteiger charge is 2.12. The van der Waals surface area contributed by atoms with E-state index in [1.807, 2.05) is 24.4 Å². The van der Waals surface area contributed by atoms with Gasteiger partial charge in [0.05, 0.1) is 11.1 Å². The first kappa shape index (κ1) is 14.2.